The van der Waals surface area contributed by atoms with Crippen LogP contribution in [0, 0.1) is 13.8 Å². The van der Waals surface area contributed by atoms with Gasteiger partial charge in [-0.2, -0.15) is 13.2 Å². The second-order valence-corrected chi connectivity index (χ2v) is 5.96. The molecule has 0 saturated carbocycles. The van der Waals surface area contributed by atoms with Crippen molar-refractivity contribution in [3.05, 3.63) is 28.8 Å². The Morgan fingerprint density at radius 2 is 1.73 bits per heavy atom. The number of piperazine rings is 1. The fourth-order valence-electron chi connectivity index (χ4n) is 3.04. The molecule has 1 aromatic carbocycles. The third kappa shape index (κ3) is 4.36. The van der Waals surface area contributed by atoms with Gasteiger partial charge in [-0.1, -0.05) is 12.1 Å². The van der Waals surface area contributed by atoms with Crippen LogP contribution in [-0.4, -0.2) is 42.4 Å². The maximum absolute atomic E-state index is 12.7. The highest BCUT2D eigenvalue weighted by Gasteiger charge is 2.31. The van der Waals surface area contributed by atoms with Gasteiger partial charge in [0.1, 0.15) is 5.75 Å². The number of benzene rings is 1. The van der Waals surface area contributed by atoms with Gasteiger partial charge in [0.25, 0.3) is 0 Å². The van der Waals surface area contributed by atoms with Crippen molar-refractivity contribution in [3.63, 3.8) is 0 Å². The lowest BCUT2D eigenvalue weighted by Crippen LogP contribution is -2.45. The first-order valence-corrected chi connectivity index (χ1v) is 7.59. The van der Waals surface area contributed by atoms with Gasteiger partial charge in [-0.3, -0.25) is 4.90 Å². The third-order valence-electron chi connectivity index (χ3n) is 4.19. The minimum atomic E-state index is -4.15. The second kappa shape index (κ2) is 6.87. The Balaban J connectivity index is 2.26. The lowest BCUT2D eigenvalue weighted by molar-refractivity contribution is -0.138. The Bertz CT molecular complexity index is 488. The molecule has 0 spiro atoms. The van der Waals surface area contributed by atoms with E-state index in [0.29, 0.717) is 11.1 Å². The van der Waals surface area contributed by atoms with E-state index in [1.165, 1.54) is 0 Å². The zero-order valence-electron chi connectivity index (χ0n) is 13.0. The van der Waals surface area contributed by atoms with Crippen LogP contribution in [0.3, 0.4) is 0 Å². The molecule has 2 rings (SSSR count). The molecule has 2 N–H and O–H groups in total. The maximum Gasteiger partial charge on any atom is 0.389 e. The molecule has 22 heavy (non-hydrogen) atoms. The van der Waals surface area contributed by atoms with E-state index in [-0.39, 0.29) is 18.2 Å². The Hall–Kier alpha value is -1.27. The minimum Gasteiger partial charge on any atom is -0.507 e. The molecule has 124 valence electrons. The molecule has 1 aromatic rings. The average molecular weight is 316 g/mol. The third-order valence-corrected chi connectivity index (χ3v) is 4.19. The quantitative estimate of drug-likeness (QED) is 0.895. The molecule has 0 unspecified atom stereocenters. The first-order chi connectivity index (χ1) is 10.3. The standard InChI is InChI=1S/C16H23F3N2O/c1-11-9-13(10-12(2)15(11)22)14(3-4-16(17,18)19)21-7-5-20-6-8-21/h9-10,14,20,22H,3-8H2,1-2H3/t14-/m1/s1. The van der Waals surface area contributed by atoms with E-state index in [4.69, 9.17) is 0 Å². The molecule has 1 fully saturated rings. The molecule has 0 aromatic heterocycles. The smallest absolute Gasteiger partial charge is 0.389 e. The second-order valence-electron chi connectivity index (χ2n) is 5.96. The number of rotatable bonds is 4. The maximum atomic E-state index is 12.7. The van der Waals surface area contributed by atoms with Crippen LogP contribution in [-0.2, 0) is 0 Å². The van der Waals surface area contributed by atoms with Crippen LogP contribution >= 0.6 is 0 Å². The number of phenols is 1. The summed E-state index contributed by atoms with van der Waals surface area (Å²) in [7, 11) is 0. The summed E-state index contributed by atoms with van der Waals surface area (Å²) in [6.45, 7) is 6.62. The van der Waals surface area contributed by atoms with Crippen molar-refractivity contribution in [3.8, 4) is 5.75 Å². The summed E-state index contributed by atoms with van der Waals surface area (Å²) in [4.78, 5) is 2.10. The van der Waals surface area contributed by atoms with Crippen LogP contribution in [0.1, 0.15) is 35.6 Å². The van der Waals surface area contributed by atoms with Crippen LogP contribution in [0.25, 0.3) is 0 Å². The van der Waals surface area contributed by atoms with Gasteiger partial charge in [-0.05, 0) is 37.0 Å². The number of hydrogen-bond acceptors (Lipinski definition) is 3. The van der Waals surface area contributed by atoms with Gasteiger partial charge in [0.15, 0.2) is 0 Å². The van der Waals surface area contributed by atoms with Crippen molar-refractivity contribution in [1.82, 2.24) is 10.2 Å². The molecule has 1 heterocycles. The summed E-state index contributed by atoms with van der Waals surface area (Å²) in [5.41, 5.74) is 2.28. The summed E-state index contributed by atoms with van der Waals surface area (Å²) >= 11 is 0. The molecule has 0 aliphatic carbocycles. The predicted molar refractivity (Wildman–Crippen MR) is 80.1 cm³/mol. The molecule has 0 bridgehead atoms. The van der Waals surface area contributed by atoms with Gasteiger partial charge in [-0.25, -0.2) is 0 Å². The highest BCUT2D eigenvalue weighted by atomic mass is 19.4. The minimum absolute atomic E-state index is 0.0488. The van der Waals surface area contributed by atoms with Gasteiger partial charge in [0, 0.05) is 38.6 Å². The summed E-state index contributed by atoms with van der Waals surface area (Å²) in [5.74, 6) is 0.221. The van der Waals surface area contributed by atoms with Crippen molar-refractivity contribution in [2.75, 3.05) is 26.2 Å². The number of alkyl halides is 3. The van der Waals surface area contributed by atoms with Crippen LogP contribution < -0.4 is 5.32 Å². The zero-order chi connectivity index (χ0) is 16.3. The lowest BCUT2D eigenvalue weighted by Gasteiger charge is -2.36. The summed E-state index contributed by atoms with van der Waals surface area (Å²) in [5, 5.41) is 13.1. The van der Waals surface area contributed by atoms with Crippen LogP contribution in [0.15, 0.2) is 12.1 Å². The molecular weight excluding hydrogens is 293 g/mol. The van der Waals surface area contributed by atoms with Crippen molar-refractivity contribution < 1.29 is 18.3 Å². The lowest BCUT2D eigenvalue weighted by atomic mass is 9.95. The zero-order valence-corrected chi connectivity index (χ0v) is 13.0. The molecule has 0 amide bonds. The predicted octanol–water partition coefficient (Wildman–Crippen LogP) is 3.30. The van der Waals surface area contributed by atoms with Gasteiger partial charge in [0.05, 0.1) is 0 Å². The Labute approximate surface area is 129 Å². The summed E-state index contributed by atoms with van der Waals surface area (Å²) in [6.07, 6.45) is -4.89. The Morgan fingerprint density at radius 1 is 1.18 bits per heavy atom. The van der Waals surface area contributed by atoms with E-state index < -0.39 is 12.6 Å². The topological polar surface area (TPSA) is 35.5 Å². The van der Waals surface area contributed by atoms with E-state index >= 15 is 0 Å². The molecule has 0 radical (unpaired) electrons. The number of nitrogens with zero attached hydrogens (tertiary/aromatic N) is 1. The molecule has 6 heteroatoms. The molecule has 1 aliphatic rings. The first kappa shape index (κ1) is 17.1. The van der Waals surface area contributed by atoms with Crippen molar-refractivity contribution in [2.24, 2.45) is 0 Å². The van der Waals surface area contributed by atoms with E-state index in [0.717, 1.165) is 31.7 Å². The molecule has 1 aliphatic heterocycles. The van der Waals surface area contributed by atoms with E-state index in [9.17, 15) is 18.3 Å². The Kier molecular flexibility index (Phi) is 5.34. The number of nitrogens with one attached hydrogen (secondary N) is 1. The van der Waals surface area contributed by atoms with E-state index in [1.807, 2.05) is 12.1 Å². The van der Waals surface area contributed by atoms with Crippen LogP contribution in [0.5, 0.6) is 5.75 Å². The normalized spacial score (nSPS) is 18.4. The highest BCUT2D eigenvalue weighted by Crippen LogP contribution is 2.34. The number of halogens is 3. The monoisotopic (exact) mass is 316 g/mol. The van der Waals surface area contributed by atoms with Gasteiger partial charge in [-0.15, -0.1) is 0 Å². The Morgan fingerprint density at radius 3 is 2.23 bits per heavy atom. The van der Waals surface area contributed by atoms with Crippen LogP contribution in [0.2, 0.25) is 0 Å². The molecule has 1 atom stereocenters. The highest BCUT2D eigenvalue weighted by molar-refractivity contribution is 5.43. The number of aromatic hydroxyl groups is 1. The first-order valence-electron chi connectivity index (χ1n) is 7.59. The average Bonchev–Trinajstić information content (AvgIpc) is 2.45. The summed E-state index contributed by atoms with van der Waals surface area (Å²) in [6, 6.07) is 3.36. The van der Waals surface area contributed by atoms with Crippen molar-refractivity contribution >= 4 is 0 Å². The molecule has 3 nitrogen and oxygen atoms in total. The molecule has 1 saturated heterocycles. The summed E-state index contributed by atoms with van der Waals surface area (Å²) < 4.78 is 38.0. The fourth-order valence-corrected chi connectivity index (χ4v) is 3.04. The SMILES string of the molecule is Cc1cc([C@@H](CCC(F)(F)F)N2CCNCC2)cc(C)c1O. The largest absolute Gasteiger partial charge is 0.507 e. The van der Waals surface area contributed by atoms with Crippen molar-refractivity contribution in [1.29, 1.82) is 0 Å². The molecular formula is C16H23F3N2O. The number of hydrogen-bond donors (Lipinski definition) is 2. The van der Waals surface area contributed by atoms with E-state index in [1.54, 1.807) is 13.8 Å². The fraction of sp³-hybridized carbons (Fsp3) is 0.625. The van der Waals surface area contributed by atoms with Gasteiger partial charge in [0.2, 0.25) is 0 Å². The van der Waals surface area contributed by atoms with Crippen LogP contribution in [0.4, 0.5) is 13.2 Å². The number of phenolic OH excluding ortho intramolecular Hbond substituents is 1. The van der Waals surface area contributed by atoms with E-state index in [2.05, 4.69) is 10.2 Å². The number of aryl methyl sites for hydroxylation is 2. The van der Waals surface area contributed by atoms with Crippen molar-refractivity contribution in [2.45, 2.75) is 38.9 Å². The van der Waals surface area contributed by atoms with Gasteiger partial charge < -0.3 is 10.4 Å². The van der Waals surface area contributed by atoms with Gasteiger partial charge >= 0.3 is 6.18 Å².